The molecule has 4 rings (SSSR count). The molecule has 0 saturated heterocycles. The highest BCUT2D eigenvalue weighted by Crippen LogP contribution is 2.37. The smallest absolute Gasteiger partial charge is 0.358 e. The van der Waals surface area contributed by atoms with Crippen molar-refractivity contribution in [2.45, 2.75) is 12.8 Å². The molecular weight excluding hydrogens is 307 g/mol. The van der Waals surface area contributed by atoms with Gasteiger partial charge in [-0.1, -0.05) is 24.3 Å². The molecule has 4 nitrogen and oxygen atoms in total. The number of aryl methyl sites for hydroxylation is 1. The third kappa shape index (κ3) is 2.21. The van der Waals surface area contributed by atoms with Gasteiger partial charge in [0.15, 0.2) is 5.69 Å². The molecule has 0 unspecified atom stereocenters. The van der Waals surface area contributed by atoms with Gasteiger partial charge in [0, 0.05) is 11.1 Å². The lowest BCUT2D eigenvalue weighted by molar-refractivity contribution is 0.0592. The van der Waals surface area contributed by atoms with E-state index < -0.39 is 5.97 Å². The summed E-state index contributed by atoms with van der Waals surface area (Å²) in [6, 6.07) is 14.2. The van der Waals surface area contributed by atoms with Crippen molar-refractivity contribution in [3.8, 4) is 16.9 Å². The van der Waals surface area contributed by atoms with Crippen molar-refractivity contribution in [1.82, 2.24) is 9.78 Å². The van der Waals surface area contributed by atoms with Crippen LogP contribution in [0, 0.1) is 5.82 Å². The predicted molar refractivity (Wildman–Crippen MR) is 87.7 cm³/mol. The maximum absolute atomic E-state index is 13.3. The van der Waals surface area contributed by atoms with Gasteiger partial charge in [0.25, 0.3) is 0 Å². The van der Waals surface area contributed by atoms with Crippen molar-refractivity contribution in [2.24, 2.45) is 0 Å². The fourth-order valence-corrected chi connectivity index (χ4v) is 3.22. The molecule has 24 heavy (non-hydrogen) atoms. The highest BCUT2D eigenvalue weighted by molar-refractivity contribution is 5.92. The number of carbonyl (C=O) groups is 1. The Kier molecular flexibility index (Phi) is 3.41. The maximum atomic E-state index is 13.3. The van der Waals surface area contributed by atoms with Gasteiger partial charge < -0.3 is 4.74 Å². The van der Waals surface area contributed by atoms with E-state index in [2.05, 4.69) is 11.2 Å². The molecule has 1 heterocycles. The molecule has 0 atom stereocenters. The summed E-state index contributed by atoms with van der Waals surface area (Å²) in [6.45, 7) is 0. The largest absolute Gasteiger partial charge is 0.464 e. The summed E-state index contributed by atoms with van der Waals surface area (Å²) < 4.78 is 19.9. The first-order valence-corrected chi connectivity index (χ1v) is 7.73. The van der Waals surface area contributed by atoms with E-state index in [4.69, 9.17) is 4.74 Å². The Morgan fingerprint density at radius 1 is 1.12 bits per heavy atom. The average Bonchev–Trinajstić information content (AvgIpc) is 3.02. The number of ether oxygens (including phenoxy) is 1. The van der Waals surface area contributed by atoms with Gasteiger partial charge in [0.05, 0.1) is 18.5 Å². The first-order chi connectivity index (χ1) is 11.7. The maximum Gasteiger partial charge on any atom is 0.358 e. The first-order valence-electron chi connectivity index (χ1n) is 7.73. The van der Waals surface area contributed by atoms with Crippen LogP contribution in [0.15, 0.2) is 48.5 Å². The molecule has 0 radical (unpaired) electrons. The number of rotatable bonds is 2. The molecule has 0 N–H and O–H groups in total. The Balaban J connectivity index is 2.00. The van der Waals surface area contributed by atoms with E-state index in [-0.39, 0.29) is 5.82 Å². The van der Waals surface area contributed by atoms with Gasteiger partial charge >= 0.3 is 5.97 Å². The molecule has 0 fully saturated rings. The summed E-state index contributed by atoms with van der Waals surface area (Å²) in [7, 11) is 1.35. The van der Waals surface area contributed by atoms with Crippen molar-refractivity contribution in [1.29, 1.82) is 0 Å². The van der Waals surface area contributed by atoms with Gasteiger partial charge in [-0.05, 0) is 42.7 Å². The van der Waals surface area contributed by atoms with Crippen LogP contribution < -0.4 is 0 Å². The molecule has 0 spiro atoms. The molecule has 2 aromatic carbocycles. The topological polar surface area (TPSA) is 44.1 Å². The van der Waals surface area contributed by atoms with Gasteiger partial charge in [-0.25, -0.2) is 13.9 Å². The van der Waals surface area contributed by atoms with Crippen LogP contribution in [0.3, 0.4) is 0 Å². The summed E-state index contributed by atoms with van der Waals surface area (Å²) in [4.78, 5) is 12.1. The molecule has 1 aliphatic carbocycles. The highest BCUT2D eigenvalue weighted by Gasteiger charge is 2.29. The third-order valence-electron chi connectivity index (χ3n) is 4.35. The van der Waals surface area contributed by atoms with Crippen LogP contribution in [-0.2, 0) is 17.6 Å². The van der Waals surface area contributed by atoms with E-state index in [1.165, 1.54) is 24.8 Å². The monoisotopic (exact) mass is 322 g/mol. The molecule has 0 saturated carbocycles. The van der Waals surface area contributed by atoms with Crippen LogP contribution in [0.2, 0.25) is 0 Å². The van der Waals surface area contributed by atoms with Crippen LogP contribution in [0.1, 0.15) is 21.6 Å². The Bertz CT molecular complexity index is 929. The number of benzene rings is 2. The second-order valence-corrected chi connectivity index (χ2v) is 5.71. The Morgan fingerprint density at radius 2 is 1.88 bits per heavy atom. The SMILES string of the molecule is COC(=O)c1nn(-c2ccc(F)cc2)c2c1CCc1ccccc1-2. The van der Waals surface area contributed by atoms with E-state index >= 15 is 0 Å². The van der Waals surface area contributed by atoms with Crippen LogP contribution >= 0.6 is 0 Å². The zero-order valence-corrected chi connectivity index (χ0v) is 13.1. The lowest BCUT2D eigenvalue weighted by atomic mass is 9.89. The molecular formula is C19H15FN2O2. The van der Waals surface area contributed by atoms with Gasteiger partial charge in [0.1, 0.15) is 5.82 Å². The summed E-state index contributed by atoms with van der Waals surface area (Å²) >= 11 is 0. The number of esters is 1. The number of carbonyl (C=O) groups excluding carboxylic acids is 1. The standard InChI is InChI=1S/C19H15FN2O2/c1-24-19(23)17-16-11-6-12-4-2-3-5-15(12)18(16)22(21-17)14-9-7-13(20)8-10-14/h2-5,7-10H,6,11H2,1H3. The zero-order valence-electron chi connectivity index (χ0n) is 13.1. The number of nitrogens with zero attached hydrogens (tertiary/aromatic N) is 2. The van der Waals surface area contributed by atoms with Crippen molar-refractivity contribution in [2.75, 3.05) is 7.11 Å². The molecule has 0 aliphatic heterocycles. The van der Waals surface area contributed by atoms with E-state index in [1.54, 1.807) is 16.8 Å². The zero-order chi connectivity index (χ0) is 16.7. The predicted octanol–water partition coefficient (Wildman–Crippen LogP) is 3.56. The lowest BCUT2D eigenvalue weighted by Gasteiger charge is -2.18. The summed E-state index contributed by atoms with van der Waals surface area (Å²) in [5.74, 6) is -0.764. The molecule has 0 amide bonds. The van der Waals surface area contributed by atoms with Crippen LogP contribution in [-0.4, -0.2) is 22.9 Å². The van der Waals surface area contributed by atoms with Gasteiger partial charge in [-0.15, -0.1) is 0 Å². The molecule has 3 aromatic rings. The number of halogens is 1. The van der Waals surface area contributed by atoms with Crippen molar-refractivity contribution < 1.29 is 13.9 Å². The minimum atomic E-state index is -0.452. The van der Waals surface area contributed by atoms with Crippen LogP contribution in [0.4, 0.5) is 4.39 Å². The number of aromatic nitrogens is 2. The number of fused-ring (bicyclic) bond motifs is 3. The third-order valence-corrected chi connectivity index (χ3v) is 4.35. The molecule has 0 bridgehead atoms. The van der Waals surface area contributed by atoms with Crippen LogP contribution in [0.25, 0.3) is 16.9 Å². The second-order valence-electron chi connectivity index (χ2n) is 5.71. The fourth-order valence-electron chi connectivity index (χ4n) is 3.22. The summed E-state index contributed by atoms with van der Waals surface area (Å²) in [6.07, 6.45) is 1.57. The number of hydrogen-bond donors (Lipinski definition) is 0. The van der Waals surface area contributed by atoms with E-state index in [0.29, 0.717) is 11.4 Å². The quantitative estimate of drug-likeness (QED) is 0.678. The molecule has 120 valence electrons. The second kappa shape index (κ2) is 5.60. The minimum Gasteiger partial charge on any atom is -0.464 e. The summed E-state index contributed by atoms with van der Waals surface area (Å²) in [5, 5.41) is 4.48. The molecule has 1 aliphatic rings. The lowest BCUT2D eigenvalue weighted by Crippen LogP contribution is -2.09. The van der Waals surface area contributed by atoms with Gasteiger partial charge in [0.2, 0.25) is 0 Å². The van der Waals surface area contributed by atoms with Crippen molar-refractivity contribution in [3.63, 3.8) is 0 Å². The Hall–Kier alpha value is -2.95. The van der Waals surface area contributed by atoms with Crippen molar-refractivity contribution >= 4 is 5.97 Å². The molecule has 1 aromatic heterocycles. The van der Waals surface area contributed by atoms with Gasteiger partial charge in [-0.2, -0.15) is 5.10 Å². The number of methoxy groups -OCH3 is 1. The fraction of sp³-hybridized carbons (Fsp3) is 0.158. The highest BCUT2D eigenvalue weighted by atomic mass is 19.1. The van der Waals surface area contributed by atoms with E-state index in [1.807, 2.05) is 18.2 Å². The van der Waals surface area contributed by atoms with E-state index in [9.17, 15) is 9.18 Å². The summed E-state index contributed by atoms with van der Waals surface area (Å²) in [5.41, 5.74) is 5.05. The minimum absolute atomic E-state index is 0.312. The normalized spacial score (nSPS) is 12.4. The molecule has 5 heteroatoms. The number of hydrogen-bond acceptors (Lipinski definition) is 3. The Labute approximate surface area is 138 Å². The first kappa shape index (κ1) is 14.6. The van der Waals surface area contributed by atoms with Crippen LogP contribution in [0.5, 0.6) is 0 Å². The Morgan fingerprint density at radius 3 is 2.62 bits per heavy atom. The van der Waals surface area contributed by atoms with Gasteiger partial charge in [-0.3, -0.25) is 0 Å². The van der Waals surface area contributed by atoms with Crippen molar-refractivity contribution in [3.05, 3.63) is 71.2 Å². The van der Waals surface area contributed by atoms with E-state index in [0.717, 1.165) is 29.7 Å². The average molecular weight is 322 g/mol.